The second kappa shape index (κ2) is 9.89. The number of rotatable bonds is 7. The number of carbonyl (C=O) groups is 1. The average molecular weight is 479 g/mol. The van der Waals surface area contributed by atoms with Crippen molar-refractivity contribution in [3.63, 3.8) is 0 Å². The Morgan fingerprint density at radius 2 is 1.85 bits per heavy atom. The van der Waals surface area contributed by atoms with Crippen LogP contribution in [-0.4, -0.2) is 73.4 Å². The molecule has 1 aromatic heterocycles. The van der Waals surface area contributed by atoms with Crippen molar-refractivity contribution in [3.8, 4) is 0 Å². The fourth-order valence-corrected chi connectivity index (χ4v) is 5.17. The van der Waals surface area contributed by atoms with Crippen LogP contribution in [0.2, 0.25) is 0 Å². The predicted octanol–water partition coefficient (Wildman–Crippen LogP) is 0.132. The summed E-state index contributed by atoms with van der Waals surface area (Å²) in [7, 11) is -0.484. The monoisotopic (exact) mass is 478 g/mol. The lowest BCUT2D eigenvalue weighted by Gasteiger charge is -2.31. The first-order valence-corrected chi connectivity index (χ1v) is 12.2. The molecule has 0 bridgehead atoms. The largest absolute Gasteiger partial charge is 0.383 e. The van der Waals surface area contributed by atoms with Crippen LogP contribution in [0.4, 0.5) is 11.5 Å². The number of nitrogens with two attached hydrogens (primary N) is 1. The fourth-order valence-electron chi connectivity index (χ4n) is 3.70. The molecule has 1 fully saturated rings. The zero-order valence-electron chi connectivity index (χ0n) is 19.1. The Balaban J connectivity index is 1.94. The molecule has 1 saturated heterocycles. The molecule has 12 heteroatoms. The Kier molecular flexibility index (Phi) is 7.40. The summed E-state index contributed by atoms with van der Waals surface area (Å²) in [6.45, 7) is 4.22. The van der Waals surface area contributed by atoms with Crippen molar-refractivity contribution >= 4 is 27.4 Å². The molecule has 0 saturated carbocycles. The highest BCUT2D eigenvalue weighted by Crippen LogP contribution is 2.22. The van der Waals surface area contributed by atoms with Crippen LogP contribution < -0.4 is 21.9 Å². The van der Waals surface area contributed by atoms with Crippen LogP contribution >= 0.6 is 0 Å². The first-order valence-electron chi connectivity index (χ1n) is 10.8. The molecule has 11 nitrogen and oxygen atoms in total. The maximum atomic E-state index is 13.2. The van der Waals surface area contributed by atoms with Gasteiger partial charge in [-0.05, 0) is 31.7 Å². The van der Waals surface area contributed by atoms with E-state index in [-0.39, 0.29) is 22.0 Å². The summed E-state index contributed by atoms with van der Waals surface area (Å²) in [4.78, 5) is 43.1. The van der Waals surface area contributed by atoms with Gasteiger partial charge < -0.3 is 15.5 Å². The predicted molar refractivity (Wildman–Crippen MR) is 126 cm³/mol. The van der Waals surface area contributed by atoms with Gasteiger partial charge in [0.25, 0.3) is 11.5 Å². The third kappa shape index (κ3) is 5.02. The van der Waals surface area contributed by atoms with Gasteiger partial charge in [0.2, 0.25) is 10.0 Å². The lowest BCUT2D eigenvalue weighted by Crippen LogP contribution is -2.47. The number of unbranched alkanes of at least 4 members (excludes halogenated alkanes) is 1. The van der Waals surface area contributed by atoms with Crippen molar-refractivity contribution in [1.29, 1.82) is 0 Å². The van der Waals surface area contributed by atoms with Crippen LogP contribution in [0.5, 0.6) is 0 Å². The first-order chi connectivity index (χ1) is 15.6. The number of hydrogen-bond acceptors (Lipinski definition) is 7. The van der Waals surface area contributed by atoms with Gasteiger partial charge in [-0.25, -0.2) is 13.2 Å². The van der Waals surface area contributed by atoms with Crippen LogP contribution in [0, 0.1) is 0 Å². The highest BCUT2D eigenvalue weighted by Gasteiger charge is 2.29. The molecule has 0 unspecified atom stereocenters. The van der Waals surface area contributed by atoms with Gasteiger partial charge in [-0.3, -0.25) is 19.1 Å². The SMILES string of the molecule is CCCCn1c(N)c(N(C)C(=O)c2cccc(S(=O)(=O)N3CCN(C)CC3)c2)c(=O)[nH]c1=O. The summed E-state index contributed by atoms with van der Waals surface area (Å²) in [6, 6.07) is 5.69. The van der Waals surface area contributed by atoms with Gasteiger partial charge in [0.05, 0.1) is 4.90 Å². The van der Waals surface area contributed by atoms with Gasteiger partial charge in [0.1, 0.15) is 5.82 Å². The first kappa shape index (κ1) is 24.7. The van der Waals surface area contributed by atoms with Gasteiger partial charge in [0.15, 0.2) is 5.69 Å². The van der Waals surface area contributed by atoms with Crippen LogP contribution in [0.3, 0.4) is 0 Å². The molecule has 1 aliphatic rings. The molecule has 3 N–H and O–H groups in total. The molecule has 0 atom stereocenters. The van der Waals surface area contributed by atoms with E-state index in [1.807, 2.05) is 18.9 Å². The average Bonchev–Trinajstić information content (AvgIpc) is 2.78. The van der Waals surface area contributed by atoms with Crippen LogP contribution in [0.25, 0.3) is 0 Å². The maximum absolute atomic E-state index is 13.2. The van der Waals surface area contributed by atoms with Crippen molar-refractivity contribution in [3.05, 3.63) is 50.7 Å². The van der Waals surface area contributed by atoms with Crippen LogP contribution in [-0.2, 0) is 16.6 Å². The van der Waals surface area contributed by atoms with Gasteiger partial charge in [-0.2, -0.15) is 4.31 Å². The Bertz CT molecular complexity index is 1240. The molecule has 1 amide bonds. The molecule has 2 heterocycles. The zero-order valence-corrected chi connectivity index (χ0v) is 19.9. The minimum Gasteiger partial charge on any atom is -0.383 e. The second-order valence-corrected chi connectivity index (χ2v) is 10.0. The summed E-state index contributed by atoms with van der Waals surface area (Å²) in [5.74, 6) is -0.738. The normalized spacial score (nSPS) is 15.5. The molecular formula is C21H30N6O5S. The Morgan fingerprint density at radius 3 is 2.48 bits per heavy atom. The summed E-state index contributed by atoms with van der Waals surface area (Å²) < 4.78 is 28.8. The number of aromatic nitrogens is 2. The number of likely N-dealkylation sites (N-methyl/N-ethyl adjacent to an activating group) is 1. The van der Waals surface area contributed by atoms with Crippen LogP contribution in [0.15, 0.2) is 38.8 Å². The quantitative estimate of drug-likeness (QED) is 0.576. The molecule has 3 rings (SSSR count). The number of amides is 1. The molecule has 0 aliphatic carbocycles. The summed E-state index contributed by atoms with van der Waals surface area (Å²) in [6.07, 6.45) is 1.48. The molecule has 2 aromatic rings. The Hall–Kier alpha value is -2.96. The Labute approximate surface area is 192 Å². The maximum Gasteiger partial charge on any atom is 0.330 e. The van der Waals surface area contributed by atoms with Gasteiger partial charge in [-0.15, -0.1) is 0 Å². The summed E-state index contributed by atoms with van der Waals surface area (Å²) >= 11 is 0. The smallest absolute Gasteiger partial charge is 0.330 e. The van der Waals surface area contributed by atoms with E-state index in [9.17, 15) is 22.8 Å². The third-order valence-electron chi connectivity index (χ3n) is 5.77. The van der Waals surface area contributed by atoms with Crippen molar-refractivity contribution < 1.29 is 13.2 Å². The van der Waals surface area contributed by atoms with E-state index in [4.69, 9.17) is 5.73 Å². The zero-order chi connectivity index (χ0) is 24.3. The molecule has 1 aliphatic heterocycles. The van der Waals surface area contributed by atoms with Crippen molar-refractivity contribution in [2.24, 2.45) is 0 Å². The van der Waals surface area contributed by atoms with E-state index >= 15 is 0 Å². The van der Waals surface area contributed by atoms with Gasteiger partial charge >= 0.3 is 5.69 Å². The van der Waals surface area contributed by atoms with E-state index in [1.54, 1.807) is 0 Å². The molecule has 180 valence electrons. The molecule has 0 spiro atoms. The number of nitrogens with one attached hydrogen (secondary N) is 1. The topological polar surface area (TPSA) is 142 Å². The van der Waals surface area contributed by atoms with Crippen LogP contribution in [0.1, 0.15) is 30.1 Å². The molecule has 0 radical (unpaired) electrons. The molecule has 1 aromatic carbocycles. The number of benzene rings is 1. The minimum atomic E-state index is -3.77. The van der Waals surface area contributed by atoms with E-state index in [0.717, 1.165) is 11.3 Å². The van der Waals surface area contributed by atoms with Crippen molar-refractivity contribution in [2.75, 3.05) is 50.9 Å². The number of sulfonamides is 1. The molecule has 33 heavy (non-hydrogen) atoms. The van der Waals surface area contributed by atoms with Crippen molar-refractivity contribution in [2.45, 2.75) is 31.2 Å². The van der Waals surface area contributed by atoms with E-state index in [0.29, 0.717) is 39.1 Å². The Morgan fingerprint density at radius 1 is 1.18 bits per heavy atom. The highest BCUT2D eigenvalue weighted by molar-refractivity contribution is 7.89. The summed E-state index contributed by atoms with van der Waals surface area (Å²) in [5, 5.41) is 0. The number of aromatic amines is 1. The number of hydrogen-bond donors (Lipinski definition) is 2. The fraction of sp³-hybridized carbons (Fsp3) is 0.476. The minimum absolute atomic E-state index is 0.00102. The summed E-state index contributed by atoms with van der Waals surface area (Å²) in [5.41, 5.74) is 4.58. The lowest BCUT2D eigenvalue weighted by molar-refractivity contribution is 0.0992. The van der Waals surface area contributed by atoms with Gasteiger partial charge in [-0.1, -0.05) is 19.4 Å². The number of H-pyrrole nitrogens is 1. The lowest BCUT2D eigenvalue weighted by atomic mass is 10.2. The van der Waals surface area contributed by atoms with E-state index < -0.39 is 27.2 Å². The highest BCUT2D eigenvalue weighted by atomic mass is 32.2. The number of anilines is 2. The third-order valence-corrected chi connectivity index (χ3v) is 7.67. The number of piperazine rings is 1. The second-order valence-electron chi connectivity index (χ2n) is 8.10. The van der Waals surface area contributed by atoms with Gasteiger partial charge in [0, 0.05) is 45.3 Å². The number of carbonyl (C=O) groups excluding carboxylic acids is 1. The number of nitrogen functional groups attached to an aromatic ring is 1. The standard InChI is InChI=1S/C21H30N6O5S/c1-4-5-9-27-18(22)17(19(28)23-21(27)30)25(3)20(29)15-7-6-8-16(14-15)33(31,32)26-12-10-24(2)11-13-26/h6-8,14H,4-5,9-13,22H2,1-3H3,(H,23,28,30). The molecular weight excluding hydrogens is 448 g/mol. The van der Waals surface area contributed by atoms with Crippen molar-refractivity contribution in [1.82, 2.24) is 18.8 Å². The van der Waals surface area contributed by atoms with E-state index in [1.165, 1.54) is 40.2 Å². The van der Waals surface area contributed by atoms with E-state index in [2.05, 4.69) is 4.98 Å². The number of nitrogens with zero attached hydrogens (tertiary/aromatic N) is 4.